The molecule has 0 heterocycles. The molecule has 0 atom stereocenters. The van der Waals surface area contributed by atoms with Crippen molar-refractivity contribution in [1.82, 2.24) is 10.6 Å². The molecule has 3 aromatic rings. The van der Waals surface area contributed by atoms with Gasteiger partial charge in [-0.1, -0.05) is 66.7 Å². The van der Waals surface area contributed by atoms with E-state index in [1.807, 2.05) is 60.7 Å². The van der Waals surface area contributed by atoms with Crippen molar-refractivity contribution in [3.05, 3.63) is 107 Å². The van der Waals surface area contributed by atoms with E-state index in [0.29, 0.717) is 6.07 Å². The van der Waals surface area contributed by atoms with E-state index in [1.54, 1.807) is 0 Å². The molecule has 0 unspecified atom stereocenters. The summed E-state index contributed by atoms with van der Waals surface area (Å²) in [6, 6.07) is 21.6. The predicted octanol–water partition coefficient (Wildman–Crippen LogP) is 5.60. The SMILES string of the molecule is Fc1cc(C(F)(F)F)ccc1CNC(=S)NC(c1ccccc1)c1ccccc1. The summed E-state index contributed by atoms with van der Waals surface area (Å²) in [6.45, 7) is -0.0356. The van der Waals surface area contributed by atoms with Crippen LogP contribution in [-0.2, 0) is 12.7 Å². The molecule has 7 heteroatoms. The fourth-order valence-corrected chi connectivity index (χ4v) is 3.06. The Morgan fingerprint density at radius 2 is 1.41 bits per heavy atom. The van der Waals surface area contributed by atoms with Gasteiger partial charge in [0.1, 0.15) is 5.82 Å². The van der Waals surface area contributed by atoms with Crippen LogP contribution in [0, 0.1) is 5.82 Å². The van der Waals surface area contributed by atoms with Crippen molar-refractivity contribution in [2.75, 3.05) is 0 Å². The molecule has 0 bridgehead atoms. The smallest absolute Gasteiger partial charge is 0.359 e. The van der Waals surface area contributed by atoms with Crippen molar-refractivity contribution < 1.29 is 17.6 Å². The minimum absolute atomic E-state index is 0.0356. The standard InChI is InChI=1S/C22H18F4N2S/c23-19-13-18(22(24,25)26)12-11-17(19)14-27-21(29)28-20(15-7-3-1-4-8-15)16-9-5-2-6-10-16/h1-13,20H,14H2,(H2,27,28,29). The van der Waals surface area contributed by atoms with Gasteiger partial charge >= 0.3 is 6.18 Å². The lowest BCUT2D eigenvalue weighted by atomic mass is 9.99. The van der Waals surface area contributed by atoms with Gasteiger partial charge in [-0.05, 0) is 35.5 Å². The maximum Gasteiger partial charge on any atom is 0.416 e. The van der Waals surface area contributed by atoms with Crippen LogP contribution in [0.5, 0.6) is 0 Å². The molecular weight excluding hydrogens is 400 g/mol. The van der Waals surface area contributed by atoms with Crippen LogP contribution in [0.3, 0.4) is 0 Å². The highest BCUT2D eigenvalue weighted by Crippen LogP contribution is 2.30. The van der Waals surface area contributed by atoms with Crippen molar-refractivity contribution in [2.45, 2.75) is 18.8 Å². The van der Waals surface area contributed by atoms with E-state index in [0.717, 1.165) is 23.3 Å². The fraction of sp³-hybridized carbons (Fsp3) is 0.136. The Morgan fingerprint density at radius 3 is 1.90 bits per heavy atom. The van der Waals surface area contributed by atoms with Gasteiger partial charge < -0.3 is 10.6 Å². The number of hydrogen-bond acceptors (Lipinski definition) is 1. The summed E-state index contributed by atoms with van der Waals surface area (Å²) in [5.74, 6) is -0.933. The Morgan fingerprint density at radius 1 is 0.862 bits per heavy atom. The van der Waals surface area contributed by atoms with Crippen LogP contribution >= 0.6 is 12.2 Å². The van der Waals surface area contributed by atoms with Crippen LogP contribution in [0.1, 0.15) is 28.3 Å². The van der Waals surface area contributed by atoms with E-state index in [9.17, 15) is 17.6 Å². The van der Waals surface area contributed by atoms with E-state index in [1.165, 1.54) is 0 Å². The molecule has 3 aromatic carbocycles. The van der Waals surface area contributed by atoms with Crippen molar-refractivity contribution in [3.63, 3.8) is 0 Å². The zero-order chi connectivity index (χ0) is 20.9. The maximum atomic E-state index is 14.0. The molecule has 0 fully saturated rings. The number of halogens is 4. The summed E-state index contributed by atoms with van der Waals surface area (Å²) < 4.78 is 52.0. The van der Waals surface area contributed by atoms with Crippen molar-refractivity contribution in [1.29, 1.82) is 0 Å². The summed E-state index contributed by atoms with van der Waals surface area (Å²) in [6.07, 6.45) is -4.58. The zero-order valence-corrected chi connectivity index (χ0v) is 16.0. The highest BCUT2D eigenvalue weighted by Gasteiger charge is 2.31. The molecule has 2 N–H and O–H groups in total. The summed E-state index contributed by atoms with van der Waals surface area (Å²) in [5.41, 5.74) is 1.05. The molecule has 0 radical (unpaired) electrons. The molecule has 29 heavy (non-hydrogen) atoms. The Hall–Kier alpha value is -2.93. The fourth-order valence-electron chi connectivity index (χ4n) is 2.87. The molecule has 0 aliphatic carbocycles. The Balaban J connectivity index is 1.70. The van der Waals surface area contributed by atoms with E-state index < -0.39 is 17.6 Å². The lowest BCUT2D eigenvalue weighted by Crippen LogP contribution is -2.38. The monoisotopic (exact) mass is 418 g/mol. The van der Waals surface area contributed by atoms with Crippen LogP contribution in [0.2, 0.25) is 0 Å². The molecular formula is C22H18F4N2S. The molecule has 0 saturated heterocycles. The molecule has 0 amide bonds. The Kier molecular flexibility index (Phi) is 6.49. The maximum absolute atomic E-state index is 14.0. The highest BCUT2D eigenvalue weighted by atomic mass is 32.1. The molecule has 3 rings (SSSR count). The normalized spacial score (nSPS) is 11.3. The van der Waals surface area contributed by atoms with Gasteiger partial charge in [-0.25, -0.2) is 4.39 Å². The number of rotatable bonds is 5. The third-order valence-electron chi connectivity index (χ3n) is 4.36. The second-order valence-electron chi connectivity index (χ2n) is 6.39. The first-order valence-corrected chi connectivity index (χ1v) is 9.25. The molecule has 0 spiro atoms. The predicted molar refractivity (Wildman–Crippen MR) is 109 cm³/mol. The van der Waals surface area contributed by atoms with Gasteiger partial charge in [-0.15, -0.1) is 0 Å². The highest BCUT2D eigenvalue weighted by molar-refractivity contribution is 7.80. The number of benzene rings is 3. The Bertz CT molecular complexity index is 920. The van der Waals surface area contributed by atoms with Crippen molar-refractivity contribution in [2.24, 2.45) is 0 Å². The third kappa shape index (κ3) is 5.54. The Labute approximate surface area is 171 Å². The first-order valence-electron chi connectivity index (χ1n) is 8.84. The van der Waals surface area contributed by atoms with E-state index in [2.05, 4.69) is 10.6 Å². The summed E-state index contributed by atoms with van der Waals surface area (Å²) in [4.78, 5) is 0. The van der Waals surface area contributed by atoms with Gasteiger partial charge in [0.15, 0.2) is 5.11 Å². The summed E-state index contributed by atoms with van der Waals surface area (Å²) >= 11 is 5.33. The second-order valence-corrected chi connectivity index (χ2v) is 6.79. The van der Waals surface area contributed by atoms with Crippen LogP contribution < -0.4 is 10.6 Å². The number of alkyl halides is 3. The average molecular weight is 418 g/mol. The molecule has 2 nitrogen and oxygen atoms in total. The second kappa shape index (κ2) is 9.05. The largest absolute Gasteiger partial charge is 0.416 e. The van der Waals surface area contributed by atoms with Crippen LogP contribution in [0.15, 0.2) is 78.9 Å². The van der Waals surface area contributed by atoms with Gasteiger partial charge in [-0.2, -0.15) is 13.2 Å². The van der Waals surface area contributed by atoms with Gasteiger partial charge in [-0.3, -0.25) is 0 Å². The van der Waals surface area contributed by atoms with Gasteiger partial charge in [0.05, 0.1) is 11.6 Å². The summed E-state index contributed by atoms with van der Waals surface area (Å²) in [7, 11) is 0. The molecule has 0 aliphatic rings. The third-order valence-corrected chi connectivity index (χ3v) is 4.62. The summed E-state index contributed by atoms with van der Waals surface area (Å²) in [5, 5.41) is 6.33. The first-order chi connectivity index (χ1) is 13.8. The van der Waals surface area contributed by atoms with Gasteiger partial charge in [0, 0.05) is 12.1 Å². The van der Waals surface area contributed by atoms with Gasteiger partial charge in [0.25, 0.3) is 0 Å². The van der Waals surface area contributed by atoms with E-state index in [-0.39, 0.29) is 23.3 Å². The number of thiocarbonyl (C=S) groups is 1. The van der Waals surface area contributed by atoms with Crippen LogP contribution in [0.25, 0.3) is 0 Å². The average Bonchev–Trinajstić information content (AvgIpc) is 2.71. The van der Waals surface area contributed by atoms with Crippen LogP contribution in [0.4, 0.5) is 17.6 Å². The first kappa shape index (κ1) is 20.8. The molecule has 0 aromatic heterocycles. The van der Waals surface area contributed by atoms with Crippen molar-refractivity contribution in [3.8, 4) is 0 Å². The lowest BCUT2D eigenvalue weighted by molar-refractivity contribution is -0.137. The molecule has 0 saturated carbocycles. The van der Waals surface area contributed by atoms with Crippen molar-refractivity contribution >= 4 is 17.3 Å². The zero-order valence-electron chi connectivity index (χ0n) is 15.2. The van der Waals surface area contributed by atoms with Crippen LogP contribution in [-0.4, -0.2) is 5.11 Å². The van der Waals surface area contributed by atoms with Gasteiger partial charge in [0.2, 0.25) is 0 Å². The number of nitrogens with one attached hydrogen (secondary N) is 2. The quantitative estimate of drug-likeness (QED) is 0.417. The molecule has 150 valence electrons. The lowest BCUT2D eigenvalue weighted by Gasteiger charge is -2.22. The molecule has 0 aliphatic heterocycles. The minimum atomic E-state index is -4.58. The van der Waals surface area contributed by atoms with E-state index in [4.69, 9.17) is 12.2 Å². The number of hydrogen-bond donors (Lipinski definition) is 2. The van der Waals surface area contributed by atoms with E-state index >= 15 is 0 Å². The topological polar surface area (TPSA) is 24.1 Å². The minimum Gasteiger partial charge on any atom is -0.359 e.